The molecule has 4 heteroatoms. The molecule has 0 spiro atoms. The lowest BCUT2D eigenvalue weighted by Gasteiger charge is -2.14. The van der Waals surface area contributed by atoms with Crippen LogP contribution in [0.25, 0.3) is 0 Å². The maximum atomic E-state index is 10.1. The fourth-order valence-corrected chi connectivity index (χ4v) is 2.34. The predicted molar refractivity (Wildman–Crippen MR) is 82.7 cm³/mol. The van der Waals surface area contributed by atoms with Crippen molar-refractivity contribution in [3.63, 3.8) is 0 Å². The molecule has 2 aromatic carbocycles. The van der Waals surface area contributed by atoms with Crippen LogP contribution < -0.4 is 4.74 Å². The number of hydrogen-bond donors (Lipinski definition) is 1. The van der Waals surface area contributed by atoms with Crippen LogP contribution in [0.3, 0.4) is 0 Å². The van der Waals surface area contributed by atoms with Gasteiger partial charge in [0.05, 0.1) is 12.7 Å². The van der Waals surface area contributed by atoms with Crippen LogP contribution in [0, 0.1) is 6.92 Å². The van der Waals surface area contributed by atoms with Crippen molar-refractivity contribution in [1.29, 1.82) is 0 Å². The first-order valence-corrected chi connectivity index (χ1v) is 7.14. The van der Waals surface area contributed by atoms with Crippen molar-refractivity contribution in [3.8, 4) is 5.75 Å². The number of rotatable bonds is 5. The van der Waals surface area contributed by atoms with Gasteiger partial charge in [0.1, 0.15) is 5.75 Å². The van der Waals surface area contributed by atoms with E-state index in [1.807, 2.05) is 31.2 Å². The highest BCUT2D eigenvalue weighted by Gasteiger charge is 2.12. The minimum atomic E-state index is -0.689. The molecule has 0 saturated heterocycles. The van der Waals surface area contributed by atoms with Crippen LogP contribution in [-0.2, 0) is 0 Å². The van der Waals surface area contributed by atoms with E-state index in [2.05, 4.69) is 0 Å². The second kappa shape index (κ2) is 6.98. The van der Waals surface area contributed by atoms with Gasteiger partial charge in [-0.2, -0.15) is 0 Å². The Morgan fingerprint density at radius 1 is 1.15 bits per heavy atom. The highest BCUT2D eigenvalue weighted by Crippen LogP contribution is 2.28. The molecule has 2 rings (SSSR count). The molecule has 2 nitrogen and oxygen atoms in total. The quantitative estimate of drug-likeness (QED) is 0.859. The van der Waals surface area contributed by atoms with Gasteiger partial charge in [0.25, 0.3) is 0 Å². The summed E-state index contributed by atoms with van der Waals surface area (Å²) in [6.45, 7) is 2.42. The molecule has 0 fully saturated rings. The lowest BCUT2D eigenvalue weighted by molar-refractivity contribution is 0.141. The third-order valence-corrected chi connectivity index (χ3v) is 3.55. The van der Waals surface area contributed by atoms with Crippen molar-refractivity contribution in [2.24, 2.45) is 0 Å². The summed E-state index contributed by atoms with van der Waals surface area (Å²) in [6.07, 6.45) is -0.236. The number of hydrogen-bond acceptors (Lipinski definition) is 2. The minimum absolute atomic E-state index is 0.410. The number of halogens is 2. The van der Waals surface area contributed by atoms with Gasteiger partial charge in [-0.1, -0.05) is 35.3 Å². The van der Waals surface area contributed by atoms with E-state index in [4.69, 9.17) is 27.9 Å². The van der Waals surface area contributed by atoms with Crippen LogP contribution in [-0.4, -0.2) is 11.7 Å². The molecule has 0 saturated carbocycles. The Morgan fingerprint density at radius 2 is 1.95 bits per heavy atom. The Kier molecular flexibility index (Phi) is 5.30. The van der Waals surface area contributed by atoms with Crippen molar-refractivity contribution in [1.82, 2.24) is 0 Å². The third-order valence-electron chi connectivity index (χ3n) is 2.97. The van der Waals surface area contributed by atoms with Crippen LogP contribution in [0.1, 0.15) is 23.7 Å². The van der Waals surface area contributed by atoms with Gasteiger partial charge in [0.15, 0.2) is 0 Å². The van der Waals surface area contributed by atoms with Crippen LogP contribution in [0.4, 0.5) is 0 Å². The molecule has 0 amide bonds. The van der Waals surface area contributed by atoms with Gasteiger partial charge < -0.3 is 9.84 Å². The zero-order chi connectivity index (χ0) is 14.5. The number of ether oxygens (including phenoxy) is 1. The Hall–Kier alpha value is -1.22. The molecule has 0 aromatic heterocycles. The highest BCUT2D eigenvalue weighted by molar-refractivity contribution is 6.33. The third kappa shape index (κ3) is 4.14. The first-order chi connectivity index (χ1) is 9.56. The molecule has 0 aliphatic heterocycles. The monoisotopic (exact) mass is 310 g/mol. The number of aryl methyl sites for hydroxylation is 1. The summed E-state index contributed by atoms with van der Waals surface area (Å²) in [5.41, 5.74) is 1.77. The van der Waals surface area contributed by atoms with Gasteiger partial charge in [-0.3, -0.25) is 0 Å². The molecular formula is C16H16Cl2O2. The van der Waals surface area contributed by atoms with E-state index in [-0.39, 0.29) is 0 Å². The summed E-state index contributed by atoms with van der Waals surface area (Å²) >= 11 is 12.0. The second-order valence-corrected chi connectivity index (χ2v) is 5.48. The van der Waals surface area contributed by atoms with E-state index in [0.29, 0.717) is 28.6 Å². The van der Waals surface area contributed by atoms with Gasteiger partial charge in [-0.05, 0) is 42.8 Å². The minimum Gasteiger partial charge on any atom is -0.493 e. The van der Waals surface area contributed by atoms with Gasteiger partial charge >= 0.3 is 0 Å². The lowest BCUT2D eigenvalue weighted by Crippen LogP contribution is -2.06. The molecule has 20 heavy (non-hydrogen) atoms. The first kappa shape index (κ1) is 15.2. The Morgan fingerprint density at radius 3 is 2.70 bits per heavy atom. The van der Waals surface area contributed by atoms with Crippen molar-refractivity contribution >= 4 is 23.2 Å². The van der Waals surface area contributed by atoms with Crippen molar-refractivity contribution in [2.75, 3.05) is 6.61 Å². The maximum absolute atomic E-state index is 10.1. The van der Waals surface area contributed by atoms with E-state index in [1.165, 1.54) is 0 Å². The average molecular weight is 311 g/mol. The Bertz CT molecular complexity index is 584. The van der Waals surface area contributed by atoms with E-state index < -0.39 is 6.10 Å². The molecule has 1 atom stereocenters. The largest absolute Gasteiger partial charge is 0.493 e. The molecule has 1 unspecified atom stereocenters. The molecular weight excluding hydrogens is 295 g/mol. The maximum Gasteiger partial charge on any atom is 0.119 e. The van der Waals surface area contributed by atoms with Crippen LogP contribution in [0.2, 0.25) is 10.0 Å². The van der Waals surface area contributed by atoms with Crippen LogP contribution in [0.5, 0.6) is 5.75 Å². The average Bonchev–Trinajstić information content (AvgIpc) is 2.41. The predicted octanol–water partition coefficient (Wildman–Crippen LogP) is 4.80. The molecule has 0 aliphatic rings. The van der Waals surface area contributed by atoms with Crippen LogP contribution in [0.15, 0.2) is 42.5 Å². The smallest absolute Gasteiger partial charge is 0.119 e. The van der Waals surface area contributed by atoms with E-state index in [0.717, 1.165) is 11.3 Å². The Labute approximate surface area is 128 Å². The van der Waals surface area contributed by atoms with E-state index >= 15 is 0 Å². The van der Waals surface area contributed by atoms with Crippen molar-refractivity contribution in [2.45, 2.75) is 19.4 Å². The van der Waals surface area contributed by atoms with Crippen molar-refractivity contribution < 1.29 is 9.84 Å². The molecule has 0 radical (unpaired) electrons. The zero-order valence-electron chi connectivity index (χ0n) is 11.1. The van der Waals surface area contributed by atoms with Gasteiger partial charge in [-0.25, -0.2) is 0 Å². The normalized spacial score (nSPS) is 12.2. The van der Waals surface area contributed by atoms with Gasteiger partial charge in [0.2, 0.25) is 0 Å². The van der Waals surface area contributed by atoms with E-state index in [1.54, 1.807) is 18.2 Å². The molecule has 106 valence electrons. The summed E-state index contributed by atoms with van der Waals surface area (Å²) in [6, 6.07) is 12.9. The number of aliphatic hydroxyl groups excluding tert-OH is 1. The van der Waals surface area contributed by atoms with E-state index in [9.17, 15) is 5.11 Å². The Balaban J connectivity index is 1.92. The first-order valence-electron chi connectivity index (χ1n) is 6.39. The summed E-state index contributed by atoms with van der Waals surface area (Å²) in [5, 5.41) is 11.2. The van der Waals surface area contributed by atoms with Gasteiger partial charge in [0, 0.05) is 22.0 Å². The number of aliphatic hydroxyl groups is 1. The zero-order valence-corrected chi connectivity index (χ0v) is 12.7. The summed E-state index contributed by atoms with van der Waals surface area (Å²) in [7, 11) is 0. The number of benzene rings is 2. The summed E-state index contributed by atoms with van der Waals surface area (Å²) < 4.78 is 5.61. The van der Waals surface area contributed by atoms with Gasteiger partial charge in [-0.15, -0.1) is 0 Å². The lowest BCUT2D eigenvalue weighted by atomic mass is 10.1. The molecule has 0 heterocycles. The fourth-order valence-electron chi connectivity index (χ4n) is 1.92. The topological polar surface area (TPSA) is 29.5 Å². The fraction of sp³-hybridized carbons (Fsp3) is 0.250. The summed E-state index contributed by atoms with van der Waals surface area (Å²) in [4.78, 5) is 0. The molecule has 1 N–H and O–H groups in total. The van der Waals surface area contributed by atoms with Crippen LogP contribution >= 0.6 is 23.2 Å². The molecule has 0 aliphatic carbocycles. The second-order valence-electron chi connectivity index (χ2n) is 4.64. The standard InChI is InChI=1S/C16H16Cl2O2/c1-11-3-2-4-13(9-11)20-8-7-16(19)14-10-12(17)5-6-15(14)18/h2-6,9-10,16,19H,7-8H2,1H3. The summed E-state index contributed by atoms with van der Waals surface area (Å²) in [5.74, 6) is 0.800. The molecule has 0 bridgehead atoms. The molecule has 2 aromatic rings. The SMILES string of the molecule is Cc1cccc(OCCC(O)c2cc(Cl)ccc2Cl)c1. The van der Waals surface area contributed by atoms with Crippen molar-refractivity contribution in [3.05, 3.63) is 63.6 Å². The highest BCUT2D eigenvalue weighted by atomic mass is 35.5.